The number of likely N-dealkylation sites (tertiary alicyclic amines) is 1. The highest BCUT2D eigenvalue weighted by atomic mass is 35.5. The van der Waals surface area contributed by atoms with Crippen LogP contribution in [0.25, 0.3) is 10.8 Å². The first kappa shape index (κ1) is 29.7. The van der Waals surface area contributed by atoms with Gasteiger partial charge in [0, 0.05) is 47.7 Å². The largest absolute Gasteiger partial charge is 0.513 e. The average Bonchev–Trinajstić information content (AvgIpc) is 3.32. The summed E-state index contributed by atoms with van der Waals surface area (Å²) in [6, 6.07) is 27.2. The first-order valence-corrected chi connectivity index (χ1v) is 13.9. The molecule has 5 rings (SSSR count). The number of carbonyl (C=O) groups excluding carboxylic acids is 1. The minimum atomic E-state index is -0.161. The molecule has 2 atom stereocenters. The number of aliphatic hydroxyl groups is 1. The van der Waals surface area contributed by atoms with Crippen LogP contribution in [0.4, 0.5) is 0 Å². The Morgan fingerprint density at radius 1 is 0.950 bits per heavy atom. The number of aryl methyl sites for hydroxylation is 1. The van der Waals surface area contributed by atoms with E-state index < -0.39 is 0 Å². The van der Waals surface area contributed by atoms with Gasteiger partial charge in [0.1, 0.15) is 0 Å². The average molecular weight is 576 g/mol. The molecule has 4 aromatic rings. The van der Waals surface area contributed by atoms with E-state index in [4.69, 9.17) is 23.2 Å². The monoisotopic (exact) mass is 574 g/mol. The van der Waals surface area contributed by atoms with E-state index in [1.165, 1.54) is 21.9 Å². The third-order valence-electron chi connectivity index (χ3n) is 7.47. The van der Waals surface area contributed by atoms with Crippen molar-refractivity contribution < 1.29 is 9.90 Å². The fourth-order valence-electron chi connectivity index (χ4n) is 5.49. The van der Waals surface area contributed by atoms with Crippen molar-refractivity contribution in [1.29, 1.82) is 0 Å². The number of hydrogen-bond donors (Lipinski definition) is 2. The normalized spacial score (nSPS) is 17.0. The van der Waals surface area contributed by atoms with Gasteiger partial charge in [0.25, 0.3) is 5.91 Å². The molecule has 0 radical (unpaired) electrons. The summed E-state index contributed by atoms with van der Waals surface area (Å²) < 4.78 is 0. The van der Waals surface area contributed by atoms with E-state index in [0.717, 1.165) is 30.6 Å². The molecule has 208 valence electrons. The number of amides is 1. The van der Waals surface area contributed by atoms with E-state index in [0.29, 0.717) is 34.5 Å². The van der Waals surface area contributed by atoms with Crippen LogP contribution in [0, 0.1) is 6.92 Å². The molecule has 0 bridgehead atoms. The van der Waals surface area contributed by atoms with Crippen LogP contribution in [0.3, 0.4) is 0 Å². The lowest BCUT2D eigenvalue weighted by molar-refractivity contribution is 0.0953. The van der Waals surface area contributed by atoms with Crippen LogP contribution in [-0.4, -0.2) is 29.0 Å². The standard InChI is InChI=1S/C33H32Cl2N2O2.CH4/c1-21-3-6-26-14-27(10-9-25(26)13-21)32-17-29(28-15-30(34)18-31(35)16-28)20-37(32)19-23-4-7-24(8-5-23)33(39)36-12-11-22(2)38;/h3-10,13-16,18,29,32,38H,2,11-12,17,19-20H2,1H3,(H,36,39);1H4/t29-,32-;/m1./s1. The Bertz CT molecular complexity index is 1500. The molecule has 1 heterocycles. The van der Waals surface area contributed by atoms with Crippen LogP contribution in [-0.2, 0) is 6.54 Å². The van der Waals surface area contributed by atoms with Crippen molar-refractivity contribution in [3.8, 4) is 0 Å². The number of halogens is 2. The second kappa shape index (κ2) is 12.9. The number of carbonyl (C=O) groups is 1. The molecule has 4 aromatic carbocycles. The lowest BCUT2D eigenvalue weighted by atomic mass is 9.93. The summed E-state index contributed by atoms with van der Waals surface area (Å²) >= 11 is 12.7. The summed E-state index contributed by atoms with van der Waals surface area (Å²) in [5, 5.41) is 15.8. The summed E-state index contributed by atoms with van der Waals surface area (Å²) in [5.74, 6) is 0.197. The Balaban J connectivity index is 0.00000370. The number of benzene rings is 4. The molecule has 1 aliphatic rings. The number of nitrogens with zero attached hydrogens (tertiary/aromatic N) is 1. The van der Waals surface area contributed by atoms with E-state index in [-0.39, 0.29) is 25.1 Å². The van der Waals surface area contributed by atoms with Gasteiger partial charge in [-0.2, -0.15) is 0 Å². The van der Waals surface area contributed by atoms with Gasteiger partial charge in [-0.1, -0.05) is 85.2 Å². The number of nitrogens with one attached hydrogen (secondary N) is 1. The minimum absolute atomic E-state index is 0. The first-order valence-electron chi connectivity index (χ1n) is 13.2. The van der Waals surface area contributed by atoms with Crippen LogP contribution >= 0.6 is 23.2 Å². The molecular formula is C34H36Cl2N2O2. The summed E-state index contributed by atoms with van der Waals surface area (Å²) in [5.41, 5.74) is 5.45. The molecule has 0 saturated carbocycles. The maximum Gasteiger partial charge on any atom is 0.251 e. The van der Waals surface area contributed by atoms with Gasteiger partial charge < -0.3 is 10.4 Å². The van der Waals surface area contributed by atoms with Gasteiger partial charge >= 0.3 is 0 Å². The Labute approximate surface area is 247 Å². The van der Waals surface area contributed by atoms with Gasteiger partial charge in [0.15, 0.2) is 0 Å². The van der Waals surface area contributed by atoms with Gasteiger partial charge in [0.2, 0.25) is 0 Å². The number of fused-ring (bicyclic) bond motifs is 1. The van der Waals surface area contributed by atoms with Crippen LogP contribution in [0.5, 0.6) is 0 Å². The van der Waals surface area contributed by atoms with Crippen molar-refractivity contribution in [2.24, 2.45) is 0 Å². The predicted molar refractivity (Wildman–Crippen MR) is 168 cm³/mol. The zero-order valence-corrected chi connectivity index (χ0v) is 23.5. The van der Waals surface area contributed by atoms with Crippen molar-refractivity contribution in [1.82, 2.24) is 10.2 Å². The fourth-order valence-corrected chi connectivity index (χ4v) is 6.03. The molecule has 1 saturated heterocycles. The van der Waals surface area contributed by atoms with E-state index in [1.54, 1.807) is 6.07 Å². The third kappa shape index (κ3) is 7.06. The summed E-state index contributed by atoms with van der Waals surface area (Å²) in [6.45, 7) is 7.56. The smallest absolute Gasteiger partial charge is 0.251 e. The topological polar surface area (TPSA) is 52.6 Å². The summed E-state index contributed by atoms with van der Waals surface area (Å²) in [6.07, 6.45) is 1.30. The van der Waals surface area contributed by atoms with E-state index in [9.17, 15) is 9.90 Å². The number of hydrogen-bond acceptors (Lipinski definition) is 3. The van der Waals surface area contributed by atoms with Crippen LogP contribution in [0.1, 0.15) is 64.8 Å². The minimum Gasteiger partial charge on any atom is -0.513 e. The Kier molecular flexibility index (Phi) is 9.57. The van der Waals surface area contributed by atoms with Gasteiger partial charge in [0.05, 0.1) is 5.76 Å². The van der Waals surface area contributed by atoms with Crippen LogP contribution in [0.15, 0.2) is 91.2 Å². The fraction of sp³-hybridized carbons (Fsp3) is 0.265. The second-order valence-corrected chi connectivity index (χ2v) is 11.3. The van der Waals surface area contributed by atoms with Crippen LogP contribution in [0.2, 0.25) is 10.0 Å². The molecule has 2 N–H and O–H groups in total. The highest BCUT2D eigenvalue weighted by Gasteiger charge is 2.34. The van der Waals surface area contributed by atoms with Crippen molar-refractivity contribution in [3.63, 3.8) is 0 Å². The molecule has 1 aliphatic heterocycles. The van der Waals surface area contributed by atoms with Gasteiger partial charge in [-0.05, 0) is 83.1 Å². The van der Waals surface area contributed by atoms with Gasteiger partial charge in [-0.15, -0.1) is 0 Å². The van der Waals surface area contributed by atoms with Gasteiger partial charge in [-0.3, -0.25) is 9.69 Å². The molecule has 1 amide bonds. The first-order chi connectivity index (χ1) is 18.7. The quantitative estimate of drug-likeness (QED) is 0.206. The number of aliphatic hydroxyl groups excluding tert-OH is 1. The SMILES string of the molecule is C.C=C(O)CCNC(=O)c1ccc(CN2C[C@H](c3cc(Cl)cc(Cl)c3)C[C@@H]2c2ccc3cc(C)ccc3c2)cc1. The van der Waals surface area contributed by atoms with Crippen molar-refractivity contribution in [2.45, 2.75) is 45.7 Å². The zero-order valence-electron chi connectivity index (χ0n) is 22.0. The Morgan fingerprint density at radius 3 is 2.33 bits per heavy atom. The Hall–Kier alpha value is -3.31. The maximum absolute atomic E-state index is 12.4. The molecule has 0 aliphatic carbocycles. The maximum atomic E-state index is 12.4. The second-order valence-electron chi connectivity index (χ2n) is 10.5. The predicted octanol–water partition coefficient (Wildman–Crippen LogP) is 9.01. The summed E-state index contributed by atoms with van der Waals surface area (Å²) in [7, 11) is 0. The molecular weight excluding hydrogens is 539 g/mol. The molecule has 0 unspecified atom stereocenters. The van der Waals surface area contributed by atoms with Gasteiger partial charge in [-0.25, -0.2) is 0 Å². The van der Waals surface area contributed by atoms with Crippen molar-refractivity contribution in [3.05, 3.63) is 129 Å². The lowest BCUT2D eigenvalue weighted by Crippen LogP contribution is -2.25. The van der Waals surface area contributed by atoms with Crippen molar-refractivity contribution in [2.75, 3.05) is 13.1 Å². The highest BCUT2D eigenvalue weighted by Crippen LogP contribution is 2.43. The van der Waals surface area contributed by atoms with E-state index >= 15 is 0 Å². The van der Waals surface area contributed by atoms with E-state index in [2.05, 4.69) is 60.1 Å². The lowest BCUT2D eigenvalue weighted by Gasteiger charge is -2.25. The Morgan fingerprint density at radius 2 is 1.62 bits per heavy atom. The molecule has 6 heteroatoms. The number of rotatable bonds is 8. The van der Waals surface area contributed by atoms with Crippen molar-refractivity contribution >= 4 is 39.9 Å². The molecule has 0 spiro atoms. The van der Waals surface area contributed by atoms with Crippen LogP contribution < -0.4 is 5.32 Å². The zero-order chi connectivity index (χ0) is 27.5. The molecule has 4 nitrogen and oxygen atoms in total. The molecule has 1 fully saturated rings. The molecule has 40 heavy (non-hydrogen) atoms. The summed E-state index contributed by atoms with van der Waals surface area (Å²) in [4.78, 5) is 15.0. The highest BCUT2D eigenvalue weighted by molar-refractivity contribution is 6.34. The van der Waals surface area contributed by atoms with E-state index in [1.807, 2.05) is 36.4 Å². The molecule has 0 aromatic heterocycles. The third-order valence-corrected chi connectivity index (χ3v) is 7.90.